The lowest BCUT2D eigenvalue weighted by Crippen LogP contribution is -2.34. The molecule has 0 radical (unpaired) electrons. The van der Waals surface area contributed by atoms with Gasteiger partial charge in [0.1, 0.15) is 0 Å². The largest absolute Gasteiger partial charge is 0.785 e. The van der Waals surface area contributed by atoms with E-state index in [1.165, 1.54) is 0 Å². The summed E-state index contributed by atoms with van der Waals surface area (Å²) in [6, 6.07) is 0.153. The van der Waals surface area contributed by atoms with Gasteiger partial charge in [0.15, 0.2) is 0 Å². The molecule has 0 saturated heterocycles. The molecule has 0 rings (SSSR count). The highest BCUT2D eigenvalue weighted by Crippen LogP contribution is 2.17. The van der Waals surface area contributed by atoms with Crippen molar-refractivity contribution in [3.05, 3.63) is 5.21 Å². The zero-order valence-corrected chi connectivity index (χ0v) is 8.29. The van der Waals surface area contributed by atoms with Crippen molar-refractivity contribution < 1.29 is 0 Å². The molecular weight excluding hydrogens is 138 g/mol. The van der Waals surface area contributed by atoms with Gasteiger partial charge in [-0.25, -0.2) is 0 Å². The normalized spacial score (nSPS) is 17.5. The Kier molecular flexibility index (Phi) is 4.69. The molecule has 2 atom stereocenters. The Morgan fingerprint density at radius 1 is 1.18 bits per heavy atom. The molecule has 11 heavy (non-hydrogen) atoms. The fourth-order valence-electron chi connectivity index (χ4n) is 1.11. The molecule has 0 spiro atoms. The monoisotopic (exact) mass is 158 g/mol. The summed E-state index contributed by atoms with van der Waals surface area (Å²) < 4.78 is 0. The Bertz CT molecular complexity index is 104. The highest BCUT2D eigenvalue weighted by Gasteiger charge is 2.15. The van der Waals surface area contributed by atoms with Crippen LogP contribution in [0, 0.1) is 17.0 Å². The fourth-order valence-corrected chi connectivity index (χ4v) is 1.11. The van der Waals surface area contributed by atoms with Crippen LogP contribution in [0.1, 0.15) is 34.6 Å². The molecule has 0 heterocycles. The van der Waals surface area contributed by atoms with Crippen LogP contribution in [0.4, 0.5) is 0 Å². The van der Waals surface area contributed by atoms with Gasteiger partial charge in [-0.3, -0.25) is 0 Å². The predicted molar refractivity (Wildman–Crippen MR) is 49.2 cm³/mol. The van der Waals surface area contributed by atoms with Gasteiger partial charge in [-0.1, -0.05) is 34.6 Å². The maximum Gasteiger partial charge on any atom is -0.00265 e. The van der Waals surface area contributed by atoms with Gasteiger partial charge in [0.2, 0.25) is 0 Å². The quantitative estimate of drug-likeness (QED) is 0.587. The number of nitrogens with zero attached hydrogens (tertiary/aromatic N) is 1. The molecule has 0 aliphatic rings. The lowest BCUT2D eigenvalue weighted by atomic mass is 9.91. The first-order valence-corrected chi connectivity index (χ1v) is 4.44. The van der Waals surface area contributed by atoms with Crippen LogP contribution in [-0.2, 0) is 0 Å². The summed E-state index contributed by atoms with van der Waals surface area (Å²) in [6.07, 6.45) is 0. The van der Waals surface area contributed by atoms with E-state index in [-0.39, 0.29) is 6.04 Å². The van der Waals surface area contributed by atoms with E-state index in [1.54, 1.807) is 0 Å². The van der Waals surface area contributed by atoms with Gasteiger partial charge in [-0.2, -0.15) is 0 Å². The Balaban J connectivity index is 3.90. The summed E-state index contributed by atoms with van der Waals surface area (Å²) in [5.41, 5.74) is 0. The van der Waals surface area contributed by atoms with Crippen LogP contribution < -0.4 is 0 Å². The molecule has 68 valence electrons. The molecule has 0 aliphatic heterocycles. The zero-order chi connectivity index (χ0) is 9.02. The summed E-state index contributed by atoms with van der Waals surface area (Å²) in [5, 5.41) is 12.3. The average molecular weight is 158 g/mol. The Labute approximate surface area is 70.2 Å². The molecule has 0 fully saturated rings. The fraction of sp³-hybridized carbons (Fsp3) is 1.00. The molecule has 0 aromatic rings. The average Bonchev–Trinajstić information content (AvgIpc) is 2.00. The van der Waals surface area contributed by atoms with Crippen molar-refractivity contribution in [3.63, 3.8) is 0 Å². The van der Waals surface area contributed by atoms with E-state index in [4.69, 9.17) is 0 Å². The molecule has 0 aromatic carbocycles. The van der Waals surface area contributed by atoms with Crippen molar-refractivity contribution in [2.75, 3.05) is 6.54 Å². The molecule has 0 aromatic heterocycles. The summed E-state index contributed by atoms with van der Waals surface area (Å²) in [6.45, 7) is 10.9. The molecule has 1 unspecified atom stereocenters. The Morgan fingerprint density at radius 2 is 1.64 bits per heavy atom. The first-order valence-electron chi connectivity index (χ1n) is 4.44. The minimum absolute atomic E-state index is 0.153. The molecular formula is C9H20NO-. The molecule has 0 saturated carbocycles. The molecule has 2 nitrogen and oxygen atoms in total. The van der Waals surface area contributed by atoms with Crippen molar-refractivity contribution in [2.24, 2.45) is 11.8 Å². The predicted octanol–water partition coefficient (Wildman–Crippen LogP) is 2.49. The summed E-state index contributed by atoms with van der Waals surface area (Å²) >= 11 is 0. The number of hydroxylamine groups is 2. The minimum atomic E-state index is 0.153. The van der Waals surface area contributed by atoms with E-state index >= 15 is 0 Å². The van der Waals surface area contributed by atoms with Crippen molar-refractivity contribution >= 4 is 0 Å². The van der Waals surface area contributed by atoms with E-state index in [0.29, 0.717) is 18.4 Å². The van der Waals surface area contributed by atoms with Gasteiger partial charge in [-0.05, 0) is 24.4 Å². The second-order valence-corrected chi connectivity index (χ2v) is 3.58. The Hall–Kier alpha value is -0.0800. The molecule has 0 aliphatic carbocycles. The van der Waals surface area contributed by atoms with Crippen LogP contribution in [0.15, 0.2) is 0 Å². The lowest BCUT2D eigenvalue weighted by Gasteiger charge is -2.39. The van der Waals surface area contributed by atoms with Crippen LogP contribution in [0.5, 0.6) is 0 Å². The zero-order valence-electron chi connectivity index (χ0n) is 8.29. The van der Waals surface area contributed by atoms with Crippen molar-refractivity contribution in [1.29, 1.82) is 0 Å². The van der Waals surface area contributed by atoms with E-state index < -0.39 is 0 Å². The third-order valence-electron chi connectivity index (χ3n) is 2.58. The third-order valence-corrected chi connectivity index (χ3v) is 2.58. The van der Waals surface area contributed by atoms with Gasteiger partial charge in [0, 0.05) is 0 Å². The smallest absolute Gasteiger partial charge is 0.00265 e. The SMILES string of the molecule is CCN([O-])C(C)[C@@H](C)C(C)C. The van der Waals surface area contributed by atoms with Gasteiger partial charge in [0.25, 0.3) is 0 Å². The highest BCUT2D eigenvalue weighted by atomic mass is 16.5. The van der Waals surface area contributed by atoms with Crippen LogP contribution >= 0.6 is 0 Å². The number of rotatable bonds is 4. The maximum atomic E-state index is 11.2. The first kappa shape index (κ1) is 10.9. The third kappa shape index (κ3) is 3.21. The van der Waals surface area contributed by atoms with Gasteiger partial charge < -0.3 is 10.3 Å². The maximum absolute atomic E-state index is 11.2. The van der Waals surface area contributed by atoms with Crippen LogP contribution in [-0.4, -0.2) is 17.6 Å². The van der Waals surface area contributed by atoms with Crippen molar-refractivity contribution in [2.45, 2.75) is 40.7 Å². The first-order chi connectivity index (χ1) is 5.00. The summed E-state index contributed by atoms with van der Waals surface area (Å²) in [4.78, 5) is 0. The minimum Gasteiger partial charge on any atom is -0.785 e. The number of hydrogen-bond donors (Lipinski definition) is 0. The number of hydrogen-bond acceptors (Lipinski definition) is 2. The molecule has 0 N–H and O–H groups in total. The topological polar surface area (TPSA) is 26.3 Å². The van der Waals surface area contributed by atoms with Crippen LogP contribution in [0.25, 0.3) is 0 Å². The lowest BCUT2D eigenvalue weighted by molar-refractivity contribution is 0.198. The standard InChI is InChI=1S/C9H20NO/c1-6-10(11)9(5)8(4)7(2)3/h7-9H,6H2,1-5H3/q-1/t8-,9?/m0/s1. The molecule has 0 bridgehead atoms. The van der Waals surface area contributed by atoms with Gasteiger partial charge >= 0.3 is 0 Å². The second-order valence-electron chi connectivity index (χ2n) is 3.58. The molecule has 0 amide bonds. The highest BCUT2D eigenvalue weighted by molar-refractivity contribution is 4.74. The van der Waals surface area contributed by atoms with Crippen LogP contribution in [0.2, 0.25) is 0 Å². The van der Waals surface area contributed by atoms with E-state index in [0.717, 1.165) is 5.06 Å². The van der Waals surface area contributed by atoms with E-state index in [1.807, 2.05) is 13.8 Å². The van der Waals surface area contributed by atoms with Crippen LogP contribution in [0.3, 0.4) is 0 Å². The van der Waals surface area contributed by atoms with Crippen molar-refractivity contribution in [3.8, 4) is 0 Å². The van der Waals surface area contributed by atoms with E-state index in [2.05, 4.69) is 20.8 Å². The second kappa shape index (κ2) is 4.73. The van der Waals surface area contributed by atoms with Crippen molar-refractivity contribution in [1.82, 2.24) is 5.06 Å². The molecule has 2 heteroatoms. The van der Waals surface area contributed by atoms with Gasteiger partial charge in [-0.15, -0.1) is 0 Å². The summed E-state index contributed by atoms with van der Waals surface area (Å²) in [7, 11) is 0. The summed E-state index contributed by atoms with van der Waals surface area (Å²) in [5.74, 6) is 1.07. The Morgan fingerprint density at radius 3 is 1.91 bits per heavy atom. The van der Waals surface area contributed by atoms with Gasteiger partial charge in [0.05, 0.1) is 0 Å². The van der Waals surface area contributed by atoms with E-state index in [9.17, 15) is 5.21 Å².